The highest BCUT2D eigenvalue weighted by molar-refractivity contribution is 7.92. The molecule has 4 rings (SSSR count). The first-order chi connectivity index (χ1) is 22.5. The summed E-state index contributed by atoms with van der Waals surface area (Å²) in [6.45, 7) is 3.10. The fraction of sp³-hybridized carbons (Fsp3) is 0.257. The molecule has 12 heteroatoms. The summed E-state index contributed by atoms with van der Waals surface area (Å²) >= 11 is 0. The van der Waals surface area contributed by atoms with Crippen LogP contribution in [0, 0.1) is 10.1 Å². The Hall–Kier alpha value is -5.23. The molecule has 2 atom stereocenters. The maximum absolute atomic E-state index is 14.5. The van der Waals surface area contributed by atoms with Crippen molar-refractivity contribution in [1.29, 1.82) is 0 Å². The number of nitrogens with one attached hydrogen (secondary N) is 1. The maximum Gasteiger partial charge on any atom is 0.269 e. The summed E-state index contributed by atoms with van der Waals surface area (Å²) < 4.78 is 34.4. The van der Waals surface area contributed by atoms with Crippen LogP contribution in [0.4, 0.5) is 11.4 Å². The van der Waals surface area contributed by atoms with Crippen molar-refractivity contribution in [3.05, 3.63) is 130 Å². The van der Waals surface area contributed by atoms with E-state index in [0.29, 0.717) is 17.7 Å². The van der Waals surface area contributed by atoms with Gasteiger partial charge in [0.2, 0.25) is 11.8 Å². The first-order valence-corrected chi connectivity index (χ1v) is 16.6. The maximum atomic E-state index is 14.5. The highest BCUT2D eigenvalue weighted by Crippen LogP contribution is 2.27. The molecule has 0 bridgehead atoms. The van der Waals surface area contributed by atoms with Crippen LogP contribution < -0.4 is 14.4 Å². The van der Waals surface area contributed by atoms with E-state index in [0.717, 1.165) is 9.87 Å². The van der Waals surface area contributed by atoms with Crippen LogP contribution >= 0.6 is 0 Å². The molecule has 0 spiro atoms. The molecule has 2 amide bonds. The molecule has 0 radical (unpaired) electrons. The van der Waals surface area contributed by atoms with E-state index in [2.05, 4.69) is 5.32 Å². The summed E-state index contributed by atoms with van der Waals surface area (Å²) in [5.74, 6) is -0.476. The zero-order valence-corrected chi connectivity index (χ0v) is 27.3. The molecule has 0 aliphatic rings. The normalized spacial score (nSPS) is 12.4. The second-order valence-corrected chi connectivity index (χ2v) is 12.9. The van der Waals surface area contributed by atoms with Crippen LogP contribution in [0.5, 0.6) is 5.75 Å². The number of carbonyl (C=O) groups is 2. The molecule has 47 heavy (non-hydrogen) atoms. The molecule has 0 aliphatic heterocycles. The van der Waals surface area contributed by atoms with Crippen molar-refractivity contribution in [2.24, 2.45) is 0 Å². The molecule has 0 saturated heterocycles. The smallest absolute Gasteiger partial charge is 0.269 e. The number of methoxy groups -OCH3 is 1. The Labute approximate surface area is 275 Å². The lowest BCUT2D eigenvalue weighted by atomic mass is 10.0. The lowest BCUT2D eigenvalue weighted by Gasteiger charge is -2.34. The monoisotopic (exact) mass is 658 g/mol. The molecule has 246 valence electrons. The Morgan fingerprint density at radius 3 is 2.11 bits per heavy atom. The van der Waals surface area contributed by atoms with Crippen molar-refractivity contribution < 1.29 is 27.7 Å². The van der Waals surface area contributed by atoms with Gasteiger partial charge in [0.05, 0.1) is 22.6 Å². The largest absolute Gasteiger partial charge is 0.497 e. The van der Waals surface area contributed by atoms with Crippen LogP contribution in [0.1, 0.15) is 31.4 Å². The molecule has 0 aliphatic carbocycles. The average molecular weight is 659 g/mol. The SMILES string of the molecule is CC[C@@H](C)NC(=O)[C@H](Cc1ccccc1)N(Cc1cccc(OC)c1)C(=O)CN(c1ccc([N+](=O)[O-])cc1)S(=O)(=O)c1ccccc1. The Bertz CT molecular complexity index is 1770. The first-order valence-electron chi connectivity index (χ1n) is 15.1. The quantitative estimate of drug-likeness (QED) is 0.134. The summed E-state index contributed by atoms with van der Waals surface area (Å²) in [5.41, 5.74) is 1.29. The highest BCUT2D eigenvalue weighted by atomic mass is 32.2. The van der Waals surface area contributed by atoms with Gasteiger partial charge in [0.15, 0.2) is 0 Å². The number of carbonyl (C=O) groups excluding carboxylic acids is 2. The minimum atomic E-state index is -4.33. The van der Waals surface area contributed by atoms with Gasteiger partial charge in [-0.15, -0.1) is 0 Å². The van der Waals surface area contributed by atoms with Crippen molar-refractivity contribution in [3.63, 3.8) is 0 Å². The summed E-state index contributed by atoms with van der Waals surface area (Å²) in [5, 5.41) is 14.3. The number of non-ortho nitro benzene ring substituents is 1. The number of anilines is 1. The molecule has 0 unspecified atom stereocenters. The molecule has 0 fully saturated rings. The number of nitro groups is 1. The van der Waals surface area contributed by atoms with Crippen LogP contribution in [0.15, 0.2) is 114 Å². The molecule has 4 aromatic rings. The Morgan fingerprint density at radius 1 is 0.894 bits per heavy atom. The number of ether oxygens (including phenoxy) is 1. The van der Waals surface area contributed by atoms with Gasteiger partial charge in [-0.1, -0.05) is 67.6 Å². The zero-order valence-electron chi connectivity index (χ0n) is 26.5. The molecule has 0 heterocycles. The number of benzene rings is 4. The lowest BCUT2D eigenvalue weighted by Crippen LogP contribution is -2.54. The lowest BCUT2D eigenvalue weighted by molar-refractivity contribution is -0.384. The van der Waals surface area contributed by atoms with E-state index >= 15 is 0 Å². The summed E-state index contributed by atoms with van der Waals surface area (Å²) in [6.07, 6.45) is 0.832. The van der Waals surface area contributed by atoms with Crippen molar-refractivity contribution in [1.82, 2.24) is 10.2 Å². The number of rotatable bonds is 15. The van der Waals surface area contributed by atoms with E-state index in [9.17, 15) is 28.1 Å². The molecular weight excluding hydrogens is 620 g/mol. The molecule has 0 saturated carbocycles. The topological polar surface area (TPSA) is 139 Å². The standard InChI is InChI=1S/C35H38N4O7S/c1-4-26(2)36-35(41)33(23-27-12-7-5-8-13-27)37(24-28-14-11-15-31(22-28)46-3)34(40)25-38(29-18-20-30(21-19-29)39(42)43)47(44,45)32-16-9-6-10-17-32/h5-22,26,33H,4,23-25H2,1-3H3,(H,36,41)/t26-,33+/m1/s1. The van der Waals surface area contributed by atoms with E-state index in [1.54, 1.807) is 42.5 Å². The average Bonchev–Trinajstić information content (AvgIpc) is 3.09. The van der Waals surface area contributed by atoms with Gasteiger partial charge in [-0.25, -0.2) is 8.42 Å². The fourth-order valence-electron chi connectivity index (χ4n) is 4.95. The third kappa shape index (κ3) is 8.95. The van der Waals surface area contributed by atoms with Crippen molar-refractivity contribution >= 4 is 33.2 Å². The third-order valence-electron chi connectivity index (χ3n) is 7.72. The second-order valence-electron chi connectivity index (χ2n) is 11.0. The van der Waals surface area contributed by atoms with Crippen molar-refractivity contribution in [3.8, 4) is 5.75 Å². The minimum absolute atomic E-state index is 0.0268. The van der Waals surface area contributed by atoms with Gasteiger partial charge < -0.3 is 15.0 Å². The van der Waals surface area contributed by atoms with E-state index in [4.69, 9.17) is 4.74 Å². The number of nitrogens with zero attached hydrogens (tertiary/aromatic N) is 3. The van der Waals surface area contributed by atoms with E-state index in [-0.39, 0.29) is 41.2 Å². The molecule has 0 aromatic heterocycles. The summed E-state index contributed by atoms with van der Waals surface area (Å²) in [4.78, 5) is 40.5. The molecule has 4 aromatic carbocycles. The van der Waals surface area contributed by atoms with Crippen LogP contribution in [0.25, 0.3) is 0 Å². The third-order valence-corrected chi connectivity index (χ3v) is 9.51. The minimum Gasteiger partial charge on any atom is -0.497 e. The van der Waals surface area contributed by atoms with E-state index in [1.165, 1.54) is 48.4 Å². The highest BCUT2D eigenvalue weighted by Gasteiger charge is 2.35. The van der Waals surface area contributed by atoms with Gasteiger partial charge in [0, 0.05) is 31.1 Å². The van der Waals surface area contributed by atoms with E-state index in [1.807, 2.05) is 44.2 Å². The predicted molar refractivity (Wildman–Crippen MR) is 179 cm³/mol. The van der Waals surface area contributed by atoms with Crippen LogP contribution in [0.3, 0.4) is 0 Å². The summed E-state index contributed by atoms with van der Waals surface area (Å²) in [7, 11) is -2.81. The van der Waals surface area contributed by atoms with E-state index < -0.39 is 33.4 Å². The van der Waals surface area contributed by atoms with Crippen LogP contribution in [-0.4, -0.2) is 55.8 Å². The fourth-order valence-corrected chi connectivity index (χ4v) is 6.39. The van der Waals surface area contributed by atoms with Gasteiger partial charge >= 0.3 is 0 Å². The van der Waals surface area contributed by atoms with Gasteiger partial charge in [0.1, 0.15) is 18.3 Å². The summed E-state index contributed by atoms with van der Waals surface area (Å²) in [6, 6.07) is 27.7. The number of sulfonamides is 1. The molecular formula is C35H38N4O7S. The van der Waals surface area contributed by atoms with Gasteiger partial charge in [0.25, 0.3) is 15.7 Å². The number of hydrogen-bond acceptors (Lipinski definition) is 7. The Kier molecular flexibility index (Phi) is 11.7. The van der Waals surface area contributed by atoms with Crippen molar-refractivity contribution in [2.45, 2.75) is 50.2 Å². The Morgan fingerprint density at radius 2 is 1.51 bits per heavy atom. The van der Waals surface area contributed by atoms with Crippen LogP contribution in [0.2, 0.25) is 0 Å². The van der Waals surface area contributed by atoms with Crippen LogP contribution in [-0.2, 0) is 32.6 Å². The van der Waals surface area contributed by atoms with Gasteiger partial charge in [-0.3, -0.25) is 24.0 Å². The Balaban J connectivity index is 1.82. The number of hydrogen-bond donors (Lipinski definition) is 1. The van der Waals surface area contributed by atoms with Gasteiger partial charge in [-0.2, -0.15) is 0 Å². The van der Waals surface area contributed by atoms with Gasteiger partial charge in [-0.05, 0) is 60.9 Å². The zero-order chi connectivity index (χ0) is 34.0. The number of amides is 2. The second kappa shape index (κ2) is 15.9. The predicted octanol–water partition coefficient (Wildman–Crippen LogP) is 5.35. The van der Waals surface area contributed by atoms with Crippen molar-refractivity contribution in [2.75, 3.05) is 18.0 Å². The molecule has 1 N–H and O–H groups in total. The number of nitro benzene ring substituents is 1. The first kappa shape index (κ1) is 34.6. The molecule has 11 nitrogen and oxygen atoms in total.